The third-order valence-corrected chi connectivity index (χ3v) is 1.33. The molecule has 2 nitrogen and oxygen atoms in total. The van der Waals surface area contributed by atoms with E-state index in [0.29, 0.717) is 0 Å². The summed E-state index contributed by atoms with van der Waals surface area (Å²) in [7, 11) is 0. The molecule has 64 valence electrons. The number of esters is 1. The Bertz CT molecular complexity index is 157. The Morgan fingerprint density at radius 2 is 2.09 bits per heavy atom. The maximum absolute atomic E-state index is 11.1. The van der Waals surface area contributed by atoms with Crippen LogP contribution in [0.3, 0.4) is 0 Å². The highest BCUT2D eigenvalue weighted by atomic mass is 16.5. The van der Waals surface area contributed by atoms with E-state index < -0.39 is 0 Å². The number of carbonyl (C=O) groups excluding carboxylic acids is 1. The number of rotatable bonds is 3. The molecule has 0 unspecified atom stereocenters. The van der Waals surface area contributed by atoms with E-state index >= 15 is 0 Å². The van der Waals surface area contributed by atoms with Crippen LogP contribution >= 0.6 is 0 Å². The first-order valence-electron chi connectivity index (χ1n) is 3.98. The zero-order chi connectivity index (χ0) is 8.85. The highest BCUT2D eigenvalue weighted by Gasteiger charge is 2.08. The number of carbonyl (C=O) groups is 1. The summed E-state index contributed by atoms with van der Waals surface area (Å²) in [5.74, 6) is -0.190. The lowest BCUT2D eigenvalue weighted by molar-refractivity contribution is -0.142. The van der Waals surface area contributed by atoms with E-state index in [2.05, 4.69) is 0 Å². The van der Waals surface area contributed by atoms with Crippen molar-refractivity contribution >= 4 is 5.97 Å². The van der Waals surface area contributed by atoms with Crippen molar-refractivity contribution in [3.05, 3.63) is 11.6 Å². The molecule has 0 saturated heterocycles. The topological polar surface area (TPSA) is 26.3 Å². The van der Waals surface area contributed by atoms with Crippen LogP contribution < -0.4 is 0 Å². The summed E-state index contributed by atoms with van der Waals surface area (Å²) >= 11 is 0. The van der Waals surface area contributed by atoms with E-state index in [1.165, 1.54) is 0 Å². The summed E-state index contributed by atoms with van der Waals surface area (Å²) in [5, 5.41) is 0. The van der Waals surface area contributed by atoms with Crippen molar-refractivity contribution in [2.75, 3.05) is 0 Å². The fourth-order valence-electron chi connectivity index (χ4n) is 0.756. The van der Waals surface area contributed by atoms with Crippen molar-refractivity contribution in [3.8, 4) is 0 Å². The zero-order valence-corrected chi connectivity index (χ0v) is 7.68. The summed E-state index contributed by atoms with van der Waals surface area (Å²) < 4.78 is 4.99. The second-order valence-corrected chi connectivity index (χ2v) is 2.62. The van der Waals surface area contributed by atoms with Crippen LogP contribution in [-0.4, -0.2) is 12.1 Å². The molecule has 0 heterocycles. The van der Waals surface area contributed by atoms with Gasteiger partial charge in [0.2, 0.25) is 0 Å². The predicted octanol–water partition coefficient (Wildman–Crippen LogP) is 2.29. The van der Waals surface area contributed by atoms with Gasteiger partial charge in [-0.3, -0.25) is 0 Å². The molecule has 0 saturated carbocycles. The van der Waals surface area contributed by atoms with E-state index in [-0.39, 0.29) is 12.1 Å². The van der Waals surface area contributed by atoms with Gasteiger partial charge in [0, 0.05) is 5.57 Å². The minimum absolute atomic E-state index is 0.0241. The van der Waals surface area contributed by atoms with Gasteiger partial charge in [0.15, 0.2) is 0 Å². The second kappa shape index (κ2) is 4.94. The van der Waals surface area contributed by atoms with Gasteiger partial charge < -0.3 is 4.74 Å². The van der Waals surface area contributed by atoms with Crippen LogP contribution in [0.25, 0.3) is 0 Å². The molecule has 0 N–H and O–H groups in total. The first-order valence-corrected chi connectivity index (χ1v) is 3.98. The van der Waals surface area contributed by atoms with Gasteiger partial charge in [0.25, 0.3) is 0 Å². The highest BCUT2D eigenvalue weighted by molar-refractivity contribution is 5.88. The lowest BCUT2D eigenvalue weighted by Gasteiger charge is -2.08. The Labute approximate surface area is 68.2 Å². The molecule has 0 rings (SSSR count). The van der Waals surface area contributed by atoms with Crippen molar-refractivity contribution in [3.63, 3.8) is 0 Å². The van der Waals surface area contributed by atoms with Crippen LogP contribution in [0.2, 0.25) is 0 Å². The lowest BCUT2D eigenvalue weighted by atomic mass is 10.2. The summed E-state index contributed by atoms with van der Waals surface area (Å²) in [6.07, 6.45) is 2.51. The summed E-state index contributed by atoms with van der Waals surface area (Å²) in [5.41, 5.74) is 0.749. The summed E-state index contributed by atoms with van der Waals surface area (Å²) in [6, 6.07) is 0. The van der Waals surface area contributed by atoms with Crippen molar-refractivity contribution in [2.45, 2.75) is 40.2 Å². The molecule has 11 heavy (non-hydrogen) atoms. The molecule has 0 spiro atoms. The Morgan fingerprint density at radius 1 is 1.55 bits per heavy atom. The molecule has 0 aromatic heterocycles. The molecule has 0 aliphatic carbocycles. The van der Waals surface area contributed by atoms with E-state index in [9.17, 15) is 4.79 Å². The Hall–Kier alpha value is -0.790. The van der Waals surface area contributed by atoms with E-state index in [0.717, 1.165) is 12.0 Å². The van der Waals surface area contributed by atoms with Gasteiger partial charge in [0.1, 0.15) is 0 Å². The third kappa shape index (κ3) is 3.81. The van der Waals surface area contributed by atoms with E-state index in [1.54, 1.807) is 6.08 Å². The van der Waals surface area contributed by atoms with E-state index in [4.69, 9.17) is 4.74 Å². The van der Waals surface area contributed by atoms with Crippen LogP contribution in [0.4, 0.5) is 0 Å². The van der Waals surface area contributed by atoms with Gasteiger partial charge in [-0.2, -0.15) is 0 Å². The standard InChI is InChI=1S/C9H16O2/c1-5-8(6-2)9(10)11-7(3)4/h5,7H,6H2,1-4H3. The summed E-state index contributed by atoms with van der Waals surface area (Å²) in [6.45, 7) is 7.49. The lowest BCUT2D eigenvalue weighted by Crippen LogP contribution is -2.13. The largest absolute Gasteiger partial charge is 0.460 e. The molecule has 0 fully saturated rings. The molecule has 0 atom stereocenters. The minimum Gasteiger partial charge on any atom is -0.460 e. The maximum atomic E-state index is 11.1. The van der Waals surface area contributed by atoms with Gasteiger partial charge >= 0.3 is 5.97 Å². The molecular formula is C9H16O2. The van der Waals surface area contributed by atoms with Gasteiger partial charge in [-0.05, 0) is 27.2 Å². The Kier molecular flexibility index (Phi) is 4.59. The number of hydrogen-bond donors (Lipinski definition) is 0. The number of ether oxygens (including phenoxy) is 1. The number of allylic oxidation sites excluding steroid dienone is 1. The van der Waals surface area contributed by atoms with Crippen LogP contribution in [0, 0.1) is 0 Å². The molecule has 0 radical (unpaired) electrons. The third-order valence-electron chi connectivity index (χ3n) is 1.33. The molecule has 2 heteroatoms. The Balaban J connectivity index is 4.02. The van der Waals surface area contributed by atoms with Crippen LogP contribution in [0.1, 0.15) is 34.1 Å². The van der Waals surface area contributed by atoms with Crippen LogP contribution in [-0.2, 0) is 9.53 Å². The monoisotopic (exact) mass is 156 g/mol. The van der Waals surface area contributed by atoms with Gasteiger partial charge in [-0.15, -0.1) is 0 Å². The second-order valence-electron chi connectivity index (χ2n) is 2.62. The highest BCUT2D eigenvalue weighted by Crippen LogP contribution is 2.04. The van der Waals surface area contributed by atoms with Crippen molar-refractivity contribution in [1.82, 2.24) is 0 Å². The normalized spacial score (nSPS) is 11.9. The fraction of sp³-hybridized carbons (Fsp3) is 0.667. The van der Waals surface area contributed by atoms with Gasteiger partial charge in [-0.25, -0.2) is 4.79 Å². The fourth-order valence-corrected chi connectivity index (χ4v) is 0.756. The first kappa shape index (κ1) is 10.2. The van der Waals surface area contributed by atoms with Crippen molar-refractivity contribution in [2.24, 2.45) is 0 Å². The molecule has 0 aromatic rings. The average molecular weight is 156 g/mol. The molecule has 0 aliphatic heterocycles. The quantitative estimate of drug-likeness (QED) is 0.463. The molecule has 0 aromatic carbocycles. The smallest absolute Gasteiger partial charge is 0.333 e. The number of hydrogen-bond acceptors (Lipinski definition) is 2. The van der Waals surface area contributed by atoms with Crippen molar-refractivity contribution < 1.29 is 9.53 Å². The molecule has 0 aliphatic rings. The SMILES string of the molecule is CC=C(CC)C(=O)OC(C)C. The van der Waals surface area contributed by atoms with Gasteiger partial charge in [-0.1, -0.05) is 13.0 Å². The predicted molar refractivity (Wildman–Crippen MR) is 45.3 cm³/mol. The molecule has 0 bridgehead atoms. The maximum Gasteiger partial charge on any atom is 0.333 e. The molecule has 0 amide bonds. The minimum atomic E-state index is -0.190. The van der Waals surface area contributed by atoms with Crippen LogP contribution in [0.15, 0.2) is 11.6 Å². The molecular weight excluding hydrogens is 140 g/mol. The average Bonchev–Trinajstić information content (AvgIpc) is 1.88. The van der Waals surface area contributed by atoms with Crippen molar-refractivity contribution in [1.29, 1.82) is 0 Å². The van der Waals surface area contributed by atoms with Crippen LogP contribution in [0.5, 0.6) is 0 Å². The first-order chi connectivity index (χ1) is 5.11. The van der Waals surface area contributed by atoms with Gasteiger partial charge in [0.05, 0.1) is 6.10 Å². The van der Waals surface area contributed by atoms with E-state index in [1.807, 2.05) is 27.7 Å². The zero-order valence-electron chi connectivity index (χ0n) is 7.68. The summed E-state index contributed by atoms with van der Waals surface area (Å²) in [4.78, 5) is 11.1. The Morgan fingerprint density at radius 3 is 2.36 bits per heavy atom.